The predicted octanol–water partition coefficient (Wildman–Crippen LogP) is 5.10. The van der Waals surface area contributed by atoms with Gasteiger partial charge in [-0.05, 0) is 40.7 Å². The number of fused-ring (bicyclic) bond motifs is 3. The highest BCUT2D eigenvalue weighted by atomic mass is 16.6. The van der Waals surface area contributed by atoms with Crippen LogP contribution in [0.4, 0.5) is 4.79 Å². The second-order valence-electron chi connectivity index (χ2n) is 8.56. The first-order chi connectivity index (χ1) is 15.6. The number of rotatable bonds is 5. The fraction of sp³-hybridized carbons (Fsp3) is 0.259. The first-order valence-electron chi connectivity index (χ1n) is 11.0. The molecule has 2 aliphatic rings. The van der Waals surface area contributed by atoms with Gasteiger partial charge >= 0.3 is 12.1 Å². The van der Waals surface area contributed by atoms with Crippen LogP contribution in [0.25, 0.3) is 11.1 Å². The summed E-state index contributed by atoms with van der Waals surface area (Å²) in [5.74, 6) is -1.03. The molecule has 32 heavy (non-hydrogen) atoms. The third-order valence-corrected chi connectivity index (χ3v) is 6.78. The number of nitrogens with zero attached hydrogens (tertiary/aromatic N) is 1. The van der Waals surface area contributed by atoms with Crippen molar-refractivity contribution in [1.82, 2.24) is 4.90 Å². The summed E-state index contributed by atoms with van der Waals surface area (Å²) in [5.41, 5.74) is 4.22. The van der Waals surface area contributed by atoms with Crippen LogP contribution >= 0.6 is 0 Å². The van der Waals surface area contributed by atoms with Gasteiger partial charge in [-0.2, -0.15) is 0 Å². The third kappa shape index (κ3) is 3.34. The molecule has 162 valence electrons. The van der Waals surface area contributed by atoms with Crippen LogP contribution in [-0.2, 0) is 16.0 Å². The molecule has 0 aromatic heterocycles. The Kier molecular flexibility index (Phi) is 5.17. The first-order valence-corrected chi connectivity index (χ1v) is 11.0. The van der Waals surface area contributed by atoms with Gasteiger partial charge in [-0.3, -0.25) is 4.90 Å². The van der Waals surface area contributed by atoms with Gasteiger partial charge in [0.1, 0.15) is 12.1 Å². The van der Waals surface area contributed by atoms with Gasteiger partial charge in [-0.1, -0.05) is 78.9 Å². The van der Waals surface area contributed by atoms with Crippen LogP contribution in [-0.4, -0.2) is 40.8 Å². The van der Waals surface area contributed by atoms with Gasteiger partial charge in [0.05, 0.1) is 0 Å². The molecule has 5 nitrogen and oxygen atoms in total. The second kappa shape index (κ2) is 8.15. The Morgan fingerprint density at radius 1 is 0.906 bits per heavy atom. The summed E-state index contributed by atoms with van der Waals surface area (Å²) in [7, 11) is 0. The lowest BCUT2D eigenvalue weighted by atomic mass is 9.88. The van der Waals surface area contributed by atoms with Crippen LogP contribution in [0.2, 0.25) is 0 Å². The minimum Gasteiger partial charge on any atom is -0.479 e. The molecular weight excluding hydrogens is 402 g/mol. The van der Waals surface area contributed by atoms with E-state index in [4.69, 9.17) is 4.74 Å². The molecule has 1 amide bonds. The topological polar surface area (TPSA) is 66.8 Å². The minimum atomic E-state index is -1.27. The predicted molar refractivity (Wildman–Crippen MR) is 122 cm³/mol. The smallest absolute Gasteiger partial charge is 0.410 e. The number of carbonyl (C=O) groups is 2. The number of hydrogen-bond acceptors (Lipinski definition) is 3. The maximum Gasteiger partial charge on any atom is 0.410 e. The molecule has 0 spiro atoms. The lowest BCUT2D eigenvalue weighted by Gasteiger charge is -2.34. The average Bonchev–Trinajstić information content (AvgIpc) is 3.38. The van der Waals surface area contributed by atoms with Crippen molar-refractivity contribution in [3.63, 3.8) is 0 Å². The van der Waals surface area contributed by atoms with Crippen molar-refractivity contribution in [3.05, 3.63) is 95.6 Å². The number of amides is 1. The van der Waals surface area contributed by atoms with E-state index in [1.807, 2.05) is 54.6 Å². The van der Waals surface area contributed by atoms with Crippen LogP contribution in [0.3, 0.4) is 0 Å². The summed E-state index contributed by atoms with van der Waals surface area (Å²) in [6, 6.07) is 25.8. The first kappa shape index (κ1) is 20.3. The summed E-state index contributed by atoms with van der Waals surface area (Å²) in [6.45, 7) is 0.570. The monoisotopic (exact) mass is 427 g/mol. The maximum atomic E-state index is 13.2. The van der Waals surface area contributed by atoms with Crippen molar-refractivity contribution < 1.29 is 19.4 Å². The molecule has 3 aromatic rings. The van der Waals surface area contributed by atoms with E-state index in [-0.39, 0.29) is 18.9 Å². The van der Waals surface area contributed by atoms with Crippen molar-refractivity contribution in [2.24, 2.45) is 0 Å². The van der Waals surface area contributed by atoms with Gasteiger partial charge in [-0.15, -0.1) is 0 Å². The normalized spacial score (nSPS) is 19.4. The Morgan fingerprint density at radius 2 is 1.50 bits per heavy atom. The lowest BCUT2D eigenvalue weighted by Crippen LogP contribution is -2.54. The number of benzene rings is 3. The number of hydrogen-bond donors (Lipinski definition) is 1. The molecule has 3 aromatic carbocycles. The molecule has 0 unspecified atom stereocenters. The molecule has 5 heteroatoms. The number of carboxylic acids is 1. The molecule has 0 saturated carbocycles. The Labute approximate surface area is 187 Å². The van der Waals surface area contributed by atoms with Crippen molar-refractivity contribution in [2.45, 2.75) is 30.7 Å². The Hall–Kier alpha value is -3.60. The quantitative estimate of drug-likeness (QED) is 0.615. The van der Waals surface area contributed by atoms with Crippen molar-refractivity contribution in [1.29, 1.82) is 0 Å². The Bertz CT molecular complexity index is 1110. The van der Waals surface area contributed by atoms with Crippen molar-refractivity contribution >= 4 is 12.1 Å². The molecule has 1 atom stereocenters. The largest absolute Gasteiger partial charge is 0.479 e. The SMILES string of the molecule is O=C(OCC1c2ccccc2-c2ccccc21)N1CCC[C@]1(Cc1ccccc1)C(=O)O. The van der Waals surface area contributed by atoms with Crippen LogP contribution in [0.1, 0.15) is 35.4 Å². The van der Waals surface area contributed by atoms with E-state index in [1.54, 1.807) is 0 Å². The molecule has 1 heterocycles. The number of carboxylic acid groups (broad SMARTS) is 1. The zero-order valence-electron chi connectivity index (χ0n) is 17.7. The summed E-state index contributed by atoms with van der Waals surface area (Å²) < 4.78 is 5.79. The van der Waals surface area contributed by atoms with Gasteiger partial charge in [0.25, 0.3) is 0 Å². The van der Waals surface area contributed by atoms with E-state index in [0.29, 0.717) is 19.4 Å². The summed E-state index contributed by atoms with van der Waals surface area (Å²) >= 11 is 0. The highest BCUT2D eigenvalue weighted by molar-refractivity contribution is 5.86. The summed E-state index contributed by atoms with van der Waals surface area (Å²) in [4.78, 5) is 27.0. The fourth-order valence-corrected chi connectivity index (χ4v) is 5.23. The Balaban J connectivity index is 1.37. The molecule has 0 bridgehead atoms. The van der Waals surface area contributed by atoms with E-state index in [2.05, 4.69) is 24.3 Å². The third-order valence-electron chi connectivity index (χ3n) is 6.78. The number of aliphatic carboxylic acids is 1. The van der Waals surface area contributed by atoms with Crippen LogP contribution in [0.15, 0.2) is 78.9 Å². The standard InChI is InChI=1S/C27H25NO4/c29-25(30)27(17-19-9-2-1-3-10-19)15-8-16-28(27)26(31)32-18-24-22-13-6-4-11-20(22)21-12-5-7-14-23(21)24/h1-7,9-14,24H,8,15-18H2,(H,29,30)/t27-/m0/s1. The molecule has 1 fully saturated rings. The van der Waals surface area contributed by atoms with Gasteiger partial charge in [0.2, 0.25) is 0 Å². The summed E-state index contributed by atoms with van der Waals surface area (Å²) in [6.07, 6.45) is 0.778. The molecule has 1 N–H and O–H groups in total. The van der Waals surface area contributed by atoms with Crippen molar-refractivity contribution in [3.8, 4) is 11.1 Å². The zero-order valence-corrected chi connectivity index (χ0v) is 17.7. The van der Waals surface area contributed by atoms with Crippen LogP contribution in [0, 0.1) is 0 Å². The number of carbonyl (C=O) groups excluding carboxylic acids is 1. The van der Waals surface area contributed by atoms with Gasteiger partial charge in [0.15, 0.2) is 0 Å². The number of ether oxygens (including phenoxy) is 1. The van der Waals surface area contributed by atoms with Crippen LogP contribution in [0.5, 0.6) is 0 Å². The maximum absolute atomic E-state index is 13.2. The molecular formula is C27H25NO4. The van der Waals surface area contributed by atoms with E-state index in [1.165, 1.54) is 4.90 Å². The number of likely N-dealkylation sites (tertiary alicyclic amines) is 1. The van der Waals surface area contributed by atoms with Gasteiger partial charge < -0.3 is 9.84 Å². The Morgan fingerprint density at radius 3 is 2.12 bits per heavy atom. The molecule has 0 radical (unpaired) electrons. The average molecular weight is 428 g/mol. The summed E-state index contributed by atoms with van der Waals surface area (Å²) in [5, 5.41) is 10.1. The second-order valence-corrected chi connectivity index (χ2v) is 8.56. The molecule has 1 aliphatic heterocycles. The molecule has 1 saturated heterocycles. The highest BCUT2D eigenvalue weighted by Gasteiger charge is 2.51. The molecule has 5 rings (SSSR count). The minimum absolute atomic E-state index is 0.0534. The van der Waals surface area contributed by atoms with E-state index < -0.39 is 17.6 Å². The van der Waals surface area contributed by atoms with E-state index >= 15 is 0 Å². The molecule has 1 aliphatic carbocycles. The fourth-order valence-electron chi connectivity index (χ4n) is 5.23. The van der Waals surface area contributed by atoms with Crippen molar-refractivity contribution in [2.75, 3.05) is 13.2 Å². The van der Waals surface area contributed by atoms with Gasteiger partial charge in [0, 0.05) is 18.9 Å². The lowest BCUT2D eigenvalue weighted by molar-refractivity contribution is -0.148. The highest BCUT2D eigenvalue weighted by Crippen LogP contribution is 2.44. The van der Waals surface area contributed by atoms with Crippen LogP contribution < -0.4 is 0 Å². The zero-order chi connectivity index (χ0) is 22.1. The van der Waals surface area contributed by atoms with E-state index in [9.17, 15) is 14.7 Å². The van der Waals surface area contributed by atoms with Gasteiger partial charge in [-0.25, -0.2) is 9.59 Å². The van der Waals surface area contributed by atoms with E-state index in [0.717, 1.165) is 27.8 Å².